The highest BCUT2D eigenvalue weighted by atomic mass is 16.3. The number of anilines is 2. The van der Waals surface area contributed by atoms with Crippen molar-refractivity contribution in [2.45, 2.75) is 63.5 Å². The van der Waals surface area contributed by atoms with Crippen LogP contribution in [0.4, 0.5) is 11.5 Å². The largest absolute Gasteiger partial charge is 0.398 e. The topological polar surface area (TPSA) is 121 Å². The first-order valence-electron chi connectivity index (χ1n) is 10.2. The standard InChI is InChI=1S/C18H23N5O.C4H8/c19-8-7-13(20)11-5-6-12-15(9-11)23-18(21)10-16(12)22-14-3-1-2-4-17(14)24;1-2-4-3-1/h5-10,14,17,19,24H,1-4,20H2,(H3,21,22,23);1-4H2/b13-7-,19-8?;. The molecular weight excluding hydrogens is 350 g/mol. The Balaban J connectivity index is 0.000000500. The molecule has 2 fully saturated rings. The van der Waals surface area contributed by atoms with Crippen molar-refractivity contribution >= 4 is 34.3 Å². The number of aromatic nitrogens is 1. The van der Waals surface area contributed by atoms with Gasteiger partial charge in [-0.2, -0.15) is 0 Å². The second kappa shape index (κ2) is 9.55. The number of rotatable bonds is 4. The summed E-state index contributed by atoms with van der Waals surface area (Å²) in [6.45, 7) is 0. The van der Waals surface area contributed by atoms with Crippen molar-refractivity contribution in [1.82, 2.24) is 4.98 Å². The van der Waals surface area contributed by atoms with Gasteiger partial charge in [-0.3, -0.25) is 0 Å². The molecule has 1 aromatic heterocycles. The molecule has 7 N–H and O–H groups in total. The van der Waals surface area contributed by atoms with E-state index in [-0.39, 0.29) is 12.1 Å². The summed E-state index contributed by atoms with van der Waals surface area (Å²) in [5.41, 5.74) is 14.8. The van der Waals surface area contributed by atoms with Gasteiger partial charge in [-0.25, -0.2) is 4.98 Å². The van der Waals surface area contributed by atoms with Crippen molar-refractivity contribution < 1.29 is 5.11 Å². The predicted octanol–water partition coefficient (Wildman–Crippen LogP) is 4.04. The van der Waals surface area contributed by atoms with Gasteiger partial charge in [-0.05, 0) is 30.5 Å². The summed E-state index contributed by atoms with van der Waals surface area (Å²) in [6.07, 6.45) is 12.3. The lowest BCUT2D eigenvalue weighted by atomic mass is 9.92. The van der Waals surface area contributed by atoms with Gasteiger partial charge in [0, 0.05) is 29.1 Å². The molecule has 2 aliphatic carbocycles. The van der Waals surface area contributed by atoms with Crippen molar-refractivity contribution in [1.29, 1.82) is 5.41 Å². The van der Waals surface area contributed by atoms with E-state index in [1.54, 1.807) is 6.07 Å². The van der Waals surface area contributed by atoms with E-state index in [9.17, 15) is 5.11 Å². The zero-order valence-electron chi connectivity index (χ0n) is 16.3. The van der Waals surface area contributed by atoms with Crippen LogP contribution in [0.15, 0.2) is 30.3 Å². The first kappa shape index (κ1) is 20.1. The Morgan fingerprint density at radius 3 is 2.46 bits per heavy atom. The third-order valence-corrected chi connectivity index (χ3v) is 5.50. The minimum atomic E-state index is -0.339. The molecule has 0 radical (unpaired) electrons. The number of aliphatic hydroxyl groups excluding tert-OH is 1. The molecule has 0 saturated heterocycles. The molecule has 6 heteroatoms. The van der Waals surface area contributed by atoms with Crippen LogP contribution in [0.2, 0.25) is 0 Å². The number of nitrogens with two attached hydrogens (primary N) is 2. The summed E-state index contributed by atoms with van der Waals surface area (Å²) < 4.78 is 0. The number of nitrogens with zero attached hydrogens (tertiary/aromatic N) is 1. The number of pyridine rings is 1. The number of aliphatic hydroxyl groups is 1. The number of nitrogen functional groups attached to an aromatic ring is 1. The van der Waals surface area contributed by atoms with Crippen molar-refractivity contribution in [3.8, 4) is 0 Å². The van der Waals surface area contributed by atoms with E-state index in [1.807, 2.05) is 18.2 Å². The molecule has 0 aliphatic heterocycles. The lowest BCUT2D eigenvalue weighted by molar-refractivity contribution is 0.116. The van der Waals surface area contributed by atoms with Crippen LogP contribution in [-0.2, 0) is 0 Å². The summed E-state index contributed by atoms with van der Waals surface area (Å²) in [6, 6.07) is 7.55. The monoisotopic (exact) mass is 381 g/mol. The quantitative estimate of drug-likeness (QED) is 0.512. The number of fused-ring (bicyclic) bond motifs is 1. The molecule has 4 rings (SSSR count). The first-order valence-corrected chi connectivity index (χ1v) is 10.2. The Hall–Kier alpha value is -2.60. The summed E-state index contributed by atoms with van der Waals surface area (Å²) in [5, 5.41) is 21.7. The Morgan fingerprint density at radius 2 is 1.82 bits per heavy atom. The minimum absolute atomic E-state index is 0.0336. The average molecular weight is 382 g/mol. The van der Waals surface area contributed by atoms with Gasteiger partial charge in [0.25, 0.3) is 0 Å². The van der Waals surface area contributed by atoms with Gasteiger partial charge >= 0.3 is 0 Å². The molecule has 0 bridgehead atoms. The van der Waals surface area contributed by atoms with Crippen LogP contribution in [0, 0.1) is 5.41 Å². The maximum absolute atomic E-state index is 10.2. The van der Waals surface area contributed by atoms with E-state index in [0.29, 0.717) is 11.5 Å². The number of hydrogen-bond acceptors (Lipinski definition) is 6. The fraction of sp³-hybridized carbons (Fsp3) is 0.455. The van der Waals surface area contributed by atoms with Crippen LogP contribution in [0.25, 0.3) is 16.6 Å². The van der Waals surface area contributed by atoms with Gasteiger partial charge < -0.3 is 27.3 Å². The van der Waals surface area contributed by atoms with E-state index in [1.165, 1.54) is 31.8 Å². The molecule has 0 spiro atoms. The van der Waals surface area contributed by atoms with Gasteiger partial charge in [0.1, 0.15) is 5.82 Å². The Labute approximate surface area is 166 Å². The third-order valence-electron chi connectivity index (χ3n) is 5.50. The lowest BCUT2D eigenvalue weighted by Gasteiger charge is -2.29. The van der Waals surface area contributed by atoms with Crippen LogP contribution >= 0.6 is 0 Å². The van der Waals surface area contributed by atoms with E-state index < -0.39 is 0 Å². The summed E-state index contributed by atoms with van der Waals surface area (Å²) in [5.74, 6) is 0.419. The smallest absolute Gasteiger partial charge is 0.126 e. The highest BCUT2D eigenvalue weighted by molar-refractivity contribution is 5.95. The summed E-state index contributed by atoms with van der Waals surface area (Å²) in [7, 11) is 0. The van der Waals surface area contributed by atoms with E-state index >= 15 is 0 Å². The maximum atomic E-state index is 10.2. The Bertz CT molecular complexity index is 840. The molecule has 2 aromatic rings. The Morgan fingerprint density at radius 1 is 1.11 bits per heavy atom. The average Bonchev–Trinajstić information content (AvgIpc) is 2.62. The molecule has 2 unspecified atom stereocenters. The highest BCUT2D eigenvalue weighted by Gasteiger charge is 2.23. The molecule has 0 amide bonds. The van der Waals surface area contributed by atoms with Gasteiger partial charge in [0.05, 0.1) is 17.7 Å². The van der Waals surface area contributed by atoms with E-state index in [2.05, 4.69) is 10.3 Å². The van der Waals surface area contributed by atoms with Crippen molar-refractivity contribution in [2.24, 2.45) is 5.73 Å². The van der Waals surface area contributed by atoms with Crippen molar-refractivity contribution in [2.75, 3.05) is 11.1 Å². The zero-order valence-corrected chi connectivity index (χ0v) is 16.3. The van der Waals surface area contributed by atoms with Crippen LogP contribution < -0.4 is 16.8 Å². The van der Waals surface area contributed by atoms with Gasteiger partial charge in [-0.15, -0.1) is 0 Å². The molecule has 1 heterocycles. The van der Waals surface area contributed by atoms with Crippen molar-refractivity contribution in [3.63, 3.8) is 0 Å². The molecule has 2 saturated carbocycles. The number of allylic oxidation sites excluding steroid dienone is 1. The van der Waals surface area contributed by atoms with E-state index in [0.717, 1.165) is 54.1 Å². The molecule has 150 valence electrons. The van der Waals surface area contributed by atoms with Gasteiger partial charge in [-0.1, -0.05) is 50.7 Å². The zero-order chi connectivity index (χ0) is 19.9. The maximum Gasteiger partial charge on any atom is 0.126 e. The van der Waals surface area contributed by atoms with E-state index in [4.69, 9.17) is 16.9 Å². The fourth-order valence-corrected chi connectivity index (χ4v) is 3.46. The van der Waals surface area contributed by atoms with Crippen LogP contribution in [-0.4, -0.2) is 28.5 Å². The molecule has 2 aliphatic rings. The molecule has 28 heavy (non-hydrogen) atoms. The van der Waals surface area contributed by atoms with Gasteiger partial charge in [0.15, 0.2) is 0 Å². The Kier molecular flexibility index (Phi) is 6.87. The third kappa shape index (κ3) is 5.01. The molecule has 2 atom stereocenters. The number of hydrogen-bond donors (Lipinski definition) is 5. The first-order chi connectivity index (χ1) is 13.6. The van der Waals surface area contributed by atoms with Crippen LogP contribution in [0.3, 0.4) is 0 Å². The normalized spacial score (nSPS) is 22.0. The van der Waals surface area contributed by atoms with Crippen LogP contribution in [0.5, 0.6) is 0 Å². The summed E-state index contributed by atoms with van der Waals surface area (Å²) >= 11 is 0. The van der Waals surface area contributed by atoms with Crippen molar-refractivity contribution in [3.05, 3.63) is 35.9 Å². The second-order valence-electron chi connectivity index (χ2n) is 7.63. The fourth-order valence-electron chi connectivity index (χ4n) is 3.46. The molecule has 1 aromatic carbocycles. The predicted molar refractivity (Wildman–Crippen MR) is 117 cm³/mol. The molecule has 6 nitrogen and oxygen atoms in total. The molecular formula is C22H31N5O. The SMILES string of the molecule is C1CCC1.N=C/C=C(\N)c1ccc2c(NC3CCCCC3O)cc(N)nc2c1. The lowest BCUT2D eigenvalue weighted by Crippen LogP contribution is -2.36. The van der Waals surface area contributed by atoms with Crippen LogP contribution in [0.1, 0.15) is 56.9 Å². The second-order valence-corrected chi connectivity index (χ2v) is 7.63. The highest BCUT2D eigenvalue weighted by Crippen LogP contribution is 2.29. The summed E-state index contributed by atoms with van der Waals surface area (Å²) in [4.78, 5) is 4.39. The van der Waals surface area contributed by atoms with Gasteiger partial charge in [0.2, 0.25) is 0 Å². The minimum Gasteiger partial charge on any atom is -0.398 e. The number of nitrogens with one attached hydrogen (secondary N) is 2. The number of benzene rings is 1.